The van der Waals surface area contributed by atoms with Crippen molar-refractivity contribution in [3.8, 4) is 11.3 Å². The van der Waals surface area contributed by atoms with E-state index >= 15 is 0 Å². The number of thioether (sulfide) groups is 1. The Morgan fingerprint density at radius 2 is 1.68 bits per heavy atom. The summed E-state index contributed by atoms with van der Waals surface area (Å²) < 4.78 is 0. The number of para-hydroxylation sites is 1. The summed E-state index contributed by atoms with van der Waals surface area (Å²) in [5.41, 5.74) is 3.73. The summed E-state index contributed by atoms with van der Waals surface area (Å²) in [6, 6.07) is 26.1. The first-order valence-corrected chi connectivity index (χ1v) is 9.99. The number of aromatic nitrogens is 2. The third kappa shape index (κ3) is 4.21. The largest absolute Gasteiger partial charge is 0.325 e. The Bertz CT molecular complexity index is 1130. The molecule has 0 saturated heterocycles. The molecule has 1 aromatic heterocycles. The van der Waals surface area contributed by atoms with Gasteiger partial charge in [-0.1, -0.05) is 66.4 Å². The van der Waals surface area contributed by atoms with Crippen LogP contribution in [0.5, 0.6) is 0 Å². The van der Waals surface area contributed by atoms with E-state index in [0.717, 1.165) is 27.5 Å². The van der Waals surface area contributed by atoms with Gasteiger partial charge in [-0.25, -0.2) is 0 Å². The zero-order valence-corrected chi connectivity index (χ0v) is 16.2. The van der Waals surface area contributed by atoms with Crippen molar-refractivity contribution < 1.29 is 4.79 Å². The number of nitrogens with zero attached hydrogens (tertiary/aromatic N) is 2. The first-order chi connectivity index (χ1) is 13.7. The highest BCUT2D eigenvalue weighted by Gasteiger charge is 2.07. The van der Waals surface area contributed by atoms with Gasteiger partial charge in [0.05, 0.1) is 11.4 Å². The second-order valence-electron chi connectivity index (χ2n) is 6.47. The number of fused-ring (bicyclic) bond motifs is 1. The van der Waals surface area contributed by atoms with Gasteiger partial charge in [0.2, 0.25) is 5.91 Å². The number of anilines is 1. The molecule has 1 N–H and O–H groups in total. The molecule has 0 atom stereocenters. The van der Waals surface area contributed by atoms with Crippen LogP contribution in [0.4, 0.5) is 5.69 Å². The maximum absolute atomic E-state index is 12.2. The van der Waals surface area contributed by atoms with E-state index in [2.05, 4.69) is 45.8 Å². The molecule has 4 nitrogen and oxygen atoms in total. The van der Waals surface area contributed by atoms with Crippen LogP contribution in [0.2, 0.25) is 0 Å². The number of hydrogen-bond donors (Lipinski definition) is 1. The standard InChI is InChI=1S/C23H19N3OS/c1-16-6-2-5-9-20(16)24-22(27)15-28-23-13-12-21(25-26-23)19-11-10-17-7-3-4-8-18(17)14-19/h2-14H,15H2,1H3,(H,24,27). The van der Waals surface area contributed by atoms with E-state index in [9.17, 15) is 4.79 Å². The molecule has 4 rings (SSSR count). The number of hydrogen-bond acceptors (Lipinski definition) is 4. The van der Waals surface area contributed by atoms with Crippen LogP contribution in [0.3, 0.4) is 0 Å². The molecular formula is C23H19N3OS. The Kier molecular flexibility index (Phi) is 5.35. The number of nitrogens with one attached hydrogen (secondary N) is 1. The van der Waals surface area contributed by atoms with E-state index in [1.54, 1.807) is 0 Å². The fourth-order valence-corrected chi connectivity index (χ4v) is 3.55. The summed E-state index contributed by atoms with van der Waals surface area (Å²) in [6.07, 6.45) is 0. The van der Waals surface area contributed by atoms with Gasteiger partial charge in [0.15, 0.2) is 0 Å². The minimum atomic E-state index is -0.0558. The van der Waals surface area contributed by atoms with E-state index in [4.69, 9.17) is 0 Å². The SMILES string of the molecule is Cc1ccccc1NC(=O)CSc1ccc(-c2ccc3ccccc3c2)nn1. The normalized spacial score (nSPS) is 10.8. The van der Waals surface area contributed by atoms with Gasteiger partial charge < -0.3 is 5.32 Å². The highest BCUT2D eigenvalue weighted by Crippen LogP contribution is 2.24. The molecule has 0 bridgehead atoms. The molecule has 0 fully saturated rings. The van der Waals surface area contributed by atoms with Gasteiger partial charge in [-0.2, -0.15) is 0 Å². The predicted octanol–water partition coefficient (Wildman–Crippen LogP) is 5.34. The smallest absolute Gasteiger partial charge is 0.234 e. The monoisotopic (exact) mass is 385 g/mol. The zero-order chi connectivity index (χ0) is 19.3. The van der Waals surface area contributed by atoms with Crippen LogP contribution >= 0.6 is 11.8 Å². The number of carbonyl (C=O) groups is 1. The molecule has 138 valence electrons. The molecule has 28 heavy (non-hydrogen) atoms. The highest BCUT2D eigenvalue weighted by atomic mass is 32.2. The second kappa shape index (κ2) is 8.23. The number of amides is 1. The number of carbonyl (C=O) groups excluding carboxylic acids is 1. The molecule has 0 saturated carbocycles. The van der Waals surface area contributed by atoms with Crippen LogP contribution in [-0.4, -0.2) is 21.9 Å². The summed E-state index contributed by atoms with van der Waals surface area (Å²) in [7, 11) is 0. The summed E-state index contributed by atoms with van der Waals surface area (Å²) in [6.45, 7) is 1.97. The van der Waals surface area contributed by atoms with Crippen molar-refractivity contribution in [2.45, 2.75) is 11.9 Å². The summed E-state index contributed by atoms with van der Waals surface area (Å²) in [5.74, 6) is 0.234. The lowest BCUT2D eigenvalue weighted by Gasteiger charge is -2.07. The molecule has 0 unspecified atom stereocenters. The van der Waals surface area contributed by atoms with E-state index in [-0.39, 0.29) is 5.91 Å². The summed E-state index contributed by atoms with van der Waals surface area (Å²) in [5, 5.41) is 14.6. The molecule has 3 aromatic carbocycles. The van der Waals surface area contributed by atoms with E-state index in [1.165, 1.54) is 22.5 Å². The molecule has 0 aliphatic heterocycles. The molecule has 0 spiro atoms. The van der Waals surface area contributed by atoms with Crippen LogP contribution in [0.25, 0.3) is 22.0 Å². The van der Waals surface area contributed by atoms with Gasteiger partial charge in [-0.3, -0.25) is 4.79 Å². The van der Waals surface area contributed by atoms with E-state index < -0.39 is 0 Å². The maximum atomic E-state index is 12.2. The van der Waals surface area contributed by atoms with Crippen molar-refractivity contribution in [3.05, 3.63) is 84.4 Å². The molecule has 4 aromatic rings. The fourth-order valence-electron chi connectivity index (χ4n) is 2.94. The van der Waals surface area contributed by atoms with Crippen LogP contribution in [-0.2, 0) is 4.79 Å². The van der Waals surface area contributed by atoms with Gasteiger partial charge >= 0.3 is 0 Å². The average molecular weight is 385 g/mol. The third-order valence-electron chi connectivity index (χ3n) is 4.46. The molecule has 5 heteroatoms. The van der Waals surface area contributed by atoms with Crippen molar-refractivity contribution in [2.24, 2.45) is 0 Å². The lowest BCUT2D eigenvalue weighted by molar-refractivity contribution is -0.113. The molecule has 0 radical (unpaired) electrons. The minimum absolute atomic E-state index is 0.0558. The van der Waals surface area contributed by atoms with Crippen molar-refractivity contribution in [1.29, 1.82) is 0 Å². The van der Waals surface area contributed by atoms with Gasteiger partial charge in [0, 0.05) is 11.3 Å². The van der Waals surface area contributed by atoms with Crippen molar-refractivity contribution in [2.75, 3.05) is 11.1 Å². The predicted molar refractivity (Wildman–Crippen MR) is 116 cm³/mol. The summed E-state index contributed by atoms with van der Waals surface area (Å²) >= 11 is 1.37. The Balaban J connectivity index is 1.40. The van der Waals surface area contributed by atoms with E-state index in [0.29, 0.717) is 5.75 Å². The van der Waals surface area contributed by atoms with Gasteiger partial charge in [0.1, 0.15) is 5.03 Å². The van der Waals surface area contributed by atoms with Crippen LogP contribution in [0.1, 0.15) is 5.56 Å². The third-order valence-corrected chi connectivity index (χ3v) is 5.38. The zero-order valence-electron chi connectivity index (χ0n) is 15.4. The van der Waals surface area contributed by atoms with Crippen molar-refractivity contribution in [3.63, 3.8) is 0 Å². The lowest BCUT2D eigenvalue weighted by Crippen LogP contribution is -2.14. The minimum Gasteiger partial charge on any atom is -0.325 e. The first-order valence-electron chi connectivity index (χ1n) is 9.00. The Labute approximate surface area is 168 Å². The quantitative estimate of drug-likeness (QED) is 0.471. The maximum Gasteiger partial charge on any atom is 0.234 e. The molecule has 0 aliphatic carbocycles. The first kappa shape index (κ1) is 18.2. The molecule has 0 aliphatic rings. The van der Waals surface area contributed by atoms with Gasteiger partial charge in [0.25, 0.3) is 0 Å². The van der Waals surface area contributed by atoms with Crippen LogP contribution in [0, 0.1) is 6.92 Å². The van der Waals surface area contributed by atoms with Crippen molar-refractivity contribution >= 4 is 34.1 Å². The Hall–Kier alpha value is -3.18. The number of aryl methyl sites for hydroxylation is 1. The Morgan fingerprint density at radius 3 is 2.46 bits per heavy atom. The fraction of sp³-hybridized carbons (Fsp3) is 0.0870. The van der Waals surface area contributed by atoms with E-state index in [1.807, 2.05) is 55.5 Å². The summed E-state index contributed by atoms with van der Waals surface area (Å²) in [4.78, 5) is 12.2. The van der Waals surface area contributed by atoms with Crippen LogP contribution in [0.15, 0.2) is 83.9 Å². The molecule has 1 amide bonds. The van der Waals surface area contributed by atoms with Gasteiger partial charge in [-0.05, 0) is 47.5 Å². The van der Waals surface area contributed by atoms with Crippen molar-refractivity contribution in [1.82, 2.24) is 10.2 Å². The topological polar surface area (TPSA) is 54.9 Å². The van der Waals surface area contributed by atoms with Gasteiger partial charge in [-0.15, -0.1) is 10.2 Å². The second-order valence-corrected chi connectivity index (χ2v) is 7.47. The highest BCUT2D eigenvalue weighted by molar-refractivity contribution is 7.99. The lowest BCUT2D eigenvalue weighted by atomic mass is 10.1. The number of benzene rings is 3. The average Bonchev–Trinajstić information content (AvgIpc) is 2.74. The van der Waals surface area contributed by atoms with Crippen LogP contribution < -0.4 is 5.32 Å². The molecule has 1 heterocycles. The Morgan fingerprint density at radius 1 is 0.893 bits per heavy atom. The molecular weight excluding hydrogens is 366 g/mol. The number of rotatable bonds is 5.